The molecule has 4 rings (SSSR count). The van der Waals surface area contributed by atoms with Gasteiger partial charge < -0.3 is 20.3 Å². The molecule has 2 fully saturated rings. The highest BCUT2D eigenvalue weighted by Crippen LogP contribution is 2.40. The molecule has 0 spiro atoms. The molecule has 4 N–H and O–H groups in total. The molecule has 1 aromatic carbocycles. The van der Waals surface area contributed by atoms with E-state index in [9.17, 15) is 27.9 Å². The number of phenolic OH excluding ortho intramolecular Hbond substituents is 1. The molecule has 0 bridgehead atoms. The first-order valence-electron chi connectivity index (χ1n) is 13.3. The minimum Gasteiger partial charge on any atom is -0.506 e. The number of carbonyl (C=O) groups excluding carboxylic acids is 3. The minimum absolute atomic E-state index is 0.0336. The van der Waals surface area contributed by atoms with Crippen LogP contribution >= 0.6 is 0 Å². The zero-order chi connectivity index (χ0) is 29.4. The standard InChI is InChI=1S/C26H35FN4O8S/c1-14(2)23(28)25(34)38-15(3)39-26(35)30-12-17(11-18(30)8-7-16-5-4-6-16)19-9-10-20(32)24(22(19)27)31-13-21(33)29-40(31,36)37/h9-11,14-16,18,23,32H,4-8,12-13,28H2,1-3H3,(H,29,33)/t15?,18-,23+/m1/s1. The van der Waals surface area contributed by atoms with Gasteiger partial charge in [0.2, 0.25) is 6.29 Å². The number of hydrogen-bond donors (Lipinski definition) is 3. The van der Waals surface area contributed by atoms with Crippen LogP contribution in [-0.4, -0.2) is 67.9 Å². The maximum atomic E-state index is 15.8. The summed E-state index contributed by atoms with van der Waals surface area (Å²) in [7, 11) is -4.38. The molecule has 3 aliphatic rings. The molecular weight excluding hydrogens is 547 g/mol. The Kier molecular flexibility index (Phi) is 8.59. The van der Waals surface area contributed by atoms with E-state index in [0.717, 1.165) is 31.7 Å². The first kappa shape index (κ1) is 29.6. The summed E-state index contributed by atoms with van der Waals surface area (Å²) in [5.41, 5.74) is 5.49. The highest BCUT2D eigenvalue weighted by atomic mass is 32.2. The van der Waals surface area contributed by atoms with Crippen molar-refractivity contribution in [3.05, 3.63) is 29.6 Å². The average molecular weight is 583 g/mol. The van der Waals surface area contributed by atoms with Gasteiger partial charge in [0.25, 0.3) is 5.91 Å². The first-order valence-corrected chi connectivity index (χ1v) is 14.7. The fraction of sp³-hybridized carbons (Fsp3) is 0.577. The van der Waals surface area contributed by atoms with Gasteiger partial charge in [-0.3, -0.25) is 14.5 Å². The van der Waals surface area contributed by atoms with Crippen LogP contribution in [0.5, 0.6) is 5.75 Å². The Bertz CT molecular complexity index is 1310. The van der Waals surface area contributed by atoms with Crippen LogP contribution in [0.25, 0.3) is 5.57 Å². The van der Waals surface area contributed by atoms with E-state index in [0.29, 0.717) is 22.2 Å². The highest BCUT2D eigenvalue weighted by Gasteiger charge is 2.39. The number of benzene rings is 1. The van der Waals surface area contributed by atoms with Gasteiger partial charge in [-0.05, 0) is 42.4 Å². The summed E-state index contributed by atoms with van der Waals surface area (Å²) in [6.07, 6.45) is 4.50. The fourth-order valence-electron chi connectivity index (χ4n) is 4.91. The van der Waals surface area contributed by atoms with Crippen molar-refractivity contribution in [2.75, 3.05) is 17.4 Å². The second-order valence-corrected chi connectivity index (χ2v) is 12.3. The van der Waals surface area contributed by atoms with Crippen LogP contribution in [-0.2, 0) is 29.3 Å². The Hall–Kier alpha value is -3.39. The van der Waals surface area contributed by atoms with E-state index in [1.807, 2.05) is 0 Å². The van der Waals surface area contributed by atoms with Crippen molar-refractivity contribution in [3.63, 3.8) is 0 Å². The van der Waals surface area contributed by atoms with Crippen LogP contribution in [0.3, 0.4) is 0 Å². The lowest BCUT2D eigenvalue weighted by atomic mass is 9.81. The Labute approximate surface area is 232 Å². The number of esters is 1. The predicted molar refractivity (Wildman–Crippen MR) is 142 cm³/mol. The van der Waals surface area contributed by atoms with Gasteiger partial charge in [0.15, 0.2) is 5.82 Å². The summed E-state index contributed by atoms with van der Waals surface area (Å²) in [4.78, 5) is 38.5. The zero-order valence-electron chi connectivity index (χ0n) is 22.6. The van der Waals surface area contributed by atoms with E-state index in [4.69, 9.17) is 15.2 Å². The number of hydrogen-bond acceptors (Lipinski definition) is 9. The monoisotopic (exact) mass is 582 g/mol. The molecule has 1 aromatic rings. The molecular formula is C26H35FN4O8S. The normalized spacial score (nSPS) is 22.0. The SMILES string of the molecule is CC(OC(=O)[C@@H](N)C(C)C)OC(=O)N1CC(c2ccc(O)c(N3CC(=O)NS3(=O)=O)c2F)=C[C@H]1CCC1CCC1. The quantitative estimate of drug-likeness (QED) is 0.292. The number of rotatable bonds is 9. The fourth-order valence-corrected chi connectivity index (χ4v) is 6.07. The summed E-state index contributed by atoms with van der Waals surface area (Å²) >= 11 is 0. The van der Waals surface area contributed by atoms with Gasteiger partial charge in [0.1, 0.15) is 24.0 Å². The number of phenols is 1. The molecule has 1 unspecified atom stereocenters. The van der Waals surface area contributed by atoms with Crippen molar-refractivity contribution in [2.24, 2.45) is 17.6 Å². The molecule has 2 amide bonds. The number of aromatic hydroxyl groups is 1. The van der Waals surface area contributed by atoms with E-state index in [1.165, 1.54) is 17.9 Å². The zero-order valence-corrected chi connectivity index (χ0v) is 23.4. The van der Waals surface area contributed by atoms with Crippen molar-refractivity contribution in [1.82, 2.24) is 9.62 Å². The van der Waals surface area contributed by atoms with Gasteiger partial charge in [-0.1, -0.05) is 39.2 Å². The molecule has 3 atom stereocenters. The summed E-state index contributed by atoms with van der Waals surface area (Å²) < 4.78 is 53.2. The number of ether oxygens (including phenoxy) is 2. The van der Waals surface area contributed by atoms with E-state index in [-0.39, 0.29) is 18.0 Å². The smallest absolute Gasteiger partial charge is 0.413 e. The number of nitrogens with one attached hydrogen (secondary N) is 1. The average Bonchev–Trinajstić information content (AvgIpc) is 3.36. The van der Waals surface area contributed by atoms with Crippen molar-refractivity contribution in [1.29, 1.82) is 0 Å². The van der Waals surface area contributed by atoms with Gasteiger partial charge >= 0.3 is 22.3 Å². The molecule has 0 radical (unpaired) electrons. The van der Waals surface area contributed by atoms with Crippen molar-refractivity contribution in [2.45, 2.75) is 71.2 Å². The number of anilines is 1. The molecule has 0 aromatic heterocycles. The molecule has 14 heteroatoms. The van der Waals surface area contributed by atoms with Crippen molar-refractivity contribution >= 4 is 39.4 Å². The third-order valence-electron chi connectivity index (χ3n) is 7.51. The van der Waals surface area contributed by atoms with E-state index < -0.39 is 70.4 Å². The third kappa shape index (κ3) is 6.17. The van der Waals surface area contributed by atoms with E-state index >= 15 is 4.39 Å². The van der Waals surface area contributed by atoms with E-state index in [1.54, 1.807) is 24.6 Å². The second kappa shape index (κ2) is 11.6. The Morgan fingerprint density at radius 3 is 2.45 bits per heavy atom. The summed E-state index contributed by atoms with van der Waals surface area (Å²) in [5.74, 6) is -2.92. The van der Waals surface area contributed by atoms with Crippen molar-refractivity contribution < 1.29 is 41.8 Å². The maximum absolute atomic E-state index is 15.8. The van der Waals surface area contributed by atoms with Crippen LogP contribution in [0.2, 0.25) is 0 Å². The molecule has 12 nitrogen and oxygen atoms in total. The molecule has 220 valence electrons. The molecule has 1 aliphatic carbocycles. The van der Waals surface area contributed by atoms with Crippen LogP contribution in [0.4, 0.5) is 14.9 Å². The molecule has 2 heterocycles. The van der Waals surface area contributed by atoms with Crippen LogP contribution in [0.1, 0.15) is 58.4 Å². The number of carbonyl (C=O) groups is 3. The van der Waals surface area contributed by atoms with Crippen molar-refractivity contribution in [3.8, 4) is 5.75 Å². The summed E-state index contributed by atoms with van der Waals surface area (Å²) in [5, 5.41) is 10.3. The summed E-state index contributed by atoms with van der Waals surface area (Å²) in [6, 6.07) is 1.08. The van der Waals surface area contributed by atoms with Crippen LogP contribution in [0, 0.1) is 17.7 Å². The molecule has 2 aliphatic heterocycles. The van der Waals surface area contributed by atoms with Gasteiger partial charge in [-0.2, -0.15) is 8.42 Å². The van der Waals surface area contributed by atoms with Gasteiger partial charge in [0.05, 0.1) is 12.6 Å². The molecule has 1 saturated carbocycles. The van der Waals surface area contributed by atoms with Crippen LogP contribution in [0.15, 0.2) is 18.2 Å². The van der Waals surface area contributed by atoms with Crippen LogP contribution < -0.4 is 14.8 Å². The predicted octanol–water partition coefficient (Wildman–Crippen LogP) is 2.37. The molecule has 40 heavy (non-hydrogen) atoms. The van der Waals surface area contributed by atoms with Gasteiger partial charge in [-0.15, -0.1) is 0 Å². The minimum atomic E-state index is -4.38. The lowest BCUT2D eigenvalue weighted by Gasteiger charge is -2.30. The lowest BCUT2D eigenvalue weighted by molar-refractivity contribution is -0.168. The Morgan fingerprint density at radius 1 is 1.18 bits per heavy atom. The largest absolute Gasteiger partial charge is 0.506 e. The maximum Gasteiger partial charge on any atom is 0.413 e. The molecule has 1 saturated heterocycles. The Balaban J connectivity index is 1.56. The Morgan fingerprint density at radius 2 is 1.88 bits per heavy atom. The topological polar surface area (TPSA) is 169 Å². The van der Waals surface area contributed by atoms with Gasteiger partial charge in [-0.25, -0.2) is 18.2 Å². The second-order valence-electron chi connectivity index (χ2n) is 10.8. The first-order chi connectivity index (χ1) is 18.8. The number of nitrogens with two attached hydrogens (primary N) is 1. The lowest BCUT2D eigenvalue weighted by Crippen LogP contribution is -2.42. The number of halogens is 1. The van der Waals surface area contributed by atoms with Gasteiger partial charge in [0, 0.05) is 12.5 Å². The summed E-state index contributed by atoms with van der Waals surface area (Å²) in [6.45, 7) is 4.15. The van der Waals surface area contributed by atoms with E-state index in [2.05, 4.69) is 0 Å². The number of nitrogens with zero attached hydrogens (tertiary/aromatic N) is 2. The highest BCUT2D eigenvalue weighted by molar-refractivity contribution is 7.92. The third-order valence-corrected chi connectivity index (χ3v) is 8.89. The number of amides is 2.